The smallest absolute Gasteiger partial charge is 0.263 e. The summed E-state index contributed by atoms with van der Waals surface area (Å²) in [5, 5.41) is 5.19. The molecule has 2 aromatic rings. The van der Waals surface area contributed by atoms with Gasteiger partial charge < -0.3 is 9.47 Å². The first kappa shape index (κ1) is 16.0. The van der Waals surface area contributed by atoms with Crippen molar-refractivity contribution in [2.24, 2.45) is 0 Å². The standard InChI is InChI=1S/C17H20N2O3S/c1-13-4-6-14(7-5-13)22-12-16(20)19(17-18-8-9-21-17)11-15-3-2-10-23-15/h2-7,10,17-18H,8-9,11-12H2,1H3. The van der Waals surface area contributed by atoms with Crippen LogP contribution in [-0.2, 0) is 16.1 Å². The summed E-state index contributed by atoms with van der Waals surface area (Å²) in [4.78, 5) is 15.4. The van der Waals surface area contributed by atoms with Crippen LogP contribution in [0.3, 0.4) is 0 Å². The Balaban J connectivity index is 1.63. The van der Waals surface area contributed by atoms with Crippen LogP contribution in [0, 0.1) is 6.92 Å². The molecule has 0 saturated carbocycles. The molecule has 1 aliphatic rings. The van der Waals surface area contributed by atoms with Crippen molar-refractivity contribution in [1.82, 2.24) is 10.2 Å². The van der Waals surface area contributed by atoms with Crippen molar-refractivity contribution in [3.63, 3.8) is 0 Å². The maximum absolute atomic E-state index is 12.6. The van der Waals surface area contributed by atoms with Gasteiger partial charge >= 0.3 is 0 Å². The van der Waals surface area contributed by atoms with Gasteiger partial charge in [-0.05, 0) is 30.5 Å². The summed E-state index contributed by atoms with van der Waals surface area (Å²) in [6.07, 6.45) is -0.383. The largest absolute Gasteiger partial charge is 0.484 e. The van der Waals surface area contributed by atoms with Gasteiger partial charge in [-0.3, -0.25) is 15.0 Å². The fourth-order valence-electron chi connectivity index (χ4n) is 2.35. The monoisotopic (exact) mass is 332 g/mol. The molecule has 1 amide bonds. The highest BCUT2D eigenvalue weighted by Gasteiger charge is 2.27. The van der Waals surface area contributed by atoms with Crippen LogP contribution in [0.5, 0.6) is 5.75 Å². The molecule has 1 aromatic heterocycles. The molecular formula is C17H20N2O3S. The molecule has 6 heteroatoms. The zero-order valence-corrected chi connectivity index (χ0v) is 13.8. The van der Waals surface area contributed by atoms with Gasteiger partial charge in [-0.2, -0.15) is 0 Å². The van der Waals surface area contributed by atoms with E-state index >= 15 is 0 Å². The van der Waals surface area contributed by atoms with Crippen molar-refractivity contribution in [3.8, 4) is 5.75 Å². The molecule has 2 heterocycles. The highest BCUT2D eigenvalue weighted by molar-refractivity contribution is 7.09. The lowest BCUT2D eigenvalue weighted by Gasteiger charge is -2.27. The maximum atomic E-state index is 12.6. The Morgan fingerprint density at radius 3 is 2.87 bits per heavy atom. The van der Waals surface area contributed by atoms with Gasteiger partial charge in [0.15, 0.2) is 13.0 Å². The molecule has 1 unspecified atom stereocenters. The topological polar surface area (TPSA) is 50.8 Å². The van der Waals surface area contributed by atoms with Crippen molar-refractivity contribution >= 4 is 17.2 Å². The third-order valence-electron chi connectivity index (χ3n) is 3.59. The molecule has 1 N–H and O–H groups in total. The van der Waals surface area contributed by atoms with E-state index in [-0.39, 0.29) is 18.9 Å². The Kier molecular flexibility index (Phi) is 5.27. The first-order valence-electron chi connectivity index (χ1n) is 7.59. The molecule has 3 rings (SSSR count). The Labute approximate surface area is 139 Å². The van der Waals surface area contributed by atoms with Crippen molar-refractivity contribution in [3.05, 3.63) is 52.2 Å². The lowest BCUT2D eigenvalue weighted by Crippen LogP contribution is -2.47. The number of carbonyl (C=O) groups excluding carboxylic acids is 1. The Bertz CT molecular complexity index is 622. The highest BCUT2D eigenvalue weighted by Crippen LogP contribution is 2.16. The van der Waals surface area contributed by atoms with Crippen molar-refractivity contribution in [2.75, 3.05) is 19.8 Å². The van der Waals surface area contributed by atoms with Crippen LogP contribution in [0.25, 0.3) is 0 Å². The lowest BCUT2D eigenvalue weighted by atomic mass is 10.2. The number of nitrogens with one attached hydrogen (secondary N) is 1. The average Bonchev–Trinajstić information content (AvgIpc) is 3.25. The Morgan fingerprint density at radius 2 is 2.22 bits per heavy atom. The predicted octanol–water partition coefficient (Wildman–Crippen LogP) is 2.37. The van der Waals surface area contributed by atoms with Crippen molar-refractivity contribution in [1.29, 1.82) is 0 Å². The first-order chi connectivity index (χ1) is 11.2. The van der Waals surface area contributed by atoms with Gasteiger partial charge in [-0.1, -0.05) is 23.8 Å². The third-order valence-corrected chi connectivity index (χ3v) is 4.45. The van der Waals surface area contributed by atoms with Gasteiger partial charge in [0.2, 0.25) is 0 Å². The maximum Gasteiger partial charge on any atom is 0.263 e. The molecule has 1 saturated heterocycles. The zero-order chi connectivity index (χ0) is 16.1. The van der Waals surface area contributed by atoms with Crippen LogP contribution >= 0.6 is 11.3 Å². The van der Waals surface area contributed by atoms with E-state index in [1.165, 1.54) is 0 Å². The number of ether oxygens (including phenoxy) is 2. The Morgan fingerprint density at radius 1 is 1.39 bits per heavy atom. The van der Waals surface area contributed by atoms with E-state index in [1.807, 2.05) is 48.7 Å². The number of hydrogen-bond donors (Lipinski definition) is 1. The van der Waals surface area contributed by atoms with Crippen molar-refractivity contribution < 1.29 is 14.3 Å². The molecule has 0 aliphatic carbocycles. The molecule has 5 nitrogen and oxygen atoms in total. The quantitative estimate of drug-likeness (QED) is 0.882. The number of amides is 1. The van der Waals surface area contributed by atoms with Gasteiger partial charge in [0.25, 0.3) is 5.91 Å². The first-order valence-corrected chi connectivity index (χ1v) is 8.46. The normalized spacial score (nSPS) is 17.2. The molecule has 1 aliphatic heterocycles. The molecule has 122 valence electrons. The summed E-state index contributed by atoms with van der Waals surface area (Å²) in [5.74, 6) is 0.596. The number of rotatable bonds is 6. The molecule has 0 spiro atoms. The number of thiophene rings is 1. The molecule has 1 atom stereocenters. The molecule has 23 heavy (non-hydrogen) atoms. The zero-order valence-electron chi connectivity index (χ0n) is 13.0. The highest BCUT2D eigenvalue weighted by atomic mass is 32.1. The van der Waals surface area contributed by atoms with E-state index in [0.717, 1.165) is 17.0 Å². The van der Waals surface area contributed by atoms with Crippen LogP contribution in [0.15, 0.2) is 41.8 Å². The van der Waals surface area contributed by atoms with Gasteiger partial charge in [0.1, 0.15) is 5.75 Å². The number of aryl methyl sites for hydroxylation is 1. The fourth-order valence-corrected chi connectivity index (χ4v) is 3.05. The van der Waals surface area contributed by atoms with Crippen molar-refractivity contribution in [2.45, 2.75) is 19.8 Å². The SMILES string of the molecule is Cc1ccc(OCC(=O)N(Cc2cccs2)C2NCCO2)cc1. The lowest BCUT2D eigenvalue weighted by molar-refractivity contribution is -0.147. The third kappa shape index (κ3) is 4.31. The van der Waals surface area contributed by atoms with E-state index in [4.69, 9.17) is 9.47 Å². The van der Waals surface area contributed by atoms with Gasteiger partial charge in [-0.15, -0.1) is 11.3 Å². The van der Waals surface area contributed by atoms with Crippen LogP contribution in [0.1, 0.15) is 10.4 Å². The van der Waals surface area contributed by atoms with Gasteiger partial charge in [0, 0.05) is 11.4 Å². The summed E-state index contributed by atoms with van der Waals surface area (Å²) in [6, 6.07) is 11.7. The number of nitrogens with zero attached hydrogens (tertiary/aromatic N) is 1. The van der Waals surface area contributed by atoms with E-state index in [1.54, 1.807) is 16.2 Å². The van der Waals surface area contributed by atoms with Gasteiger partial charge in [-0.25, -0.2) is 0 Å². The minimum atomic E-state index is -0.383. The summed E-state index contributed by atoms with van der Waals surface area (Å²) >= 11 is 1.63. The van der Waals surface area contributed by atoms with E-state index in [2.05, 4.69) is 5.32 Å². The predicted molar refractivity (Wildman–Crippen MR) is 89.3 cm³/mol. The van der Waals surface area contributed by atoms with Crippen LogP contribution < -0.4 is 10.1 Å². The second-order valence-corrected chi connectivity index (χ2v) is 6.41. The number of benzene rings is 1. The molecule has 0 radical (unpaired) electrons. The van der Waals surface area contributed by atoms with E-state index < -0.39 is 0 Å². The number of hydrogen-bond acceptors (Lipinski definition) is 5. The summed E-state index contributed by atoms with van der Waals surface area (Å²) < 4.78 is 11.2. The number of carbonyl (C=O) groups is 1. The summed E-state index contributed by atoms with van der Waals surface area (Å²) in [5.41, 5.74) is 1.16. The second kappa shape index (κ2) is 7.59. The van der Waals surface area contributed by atoms with Crippen LogP contribution in [-0.4, -0.2) is 36.9 Å². The van der Waals surface area contributed by atoms with Gasteiger partial charge in [0.05, 0.1) is 13.2 Å². The van der Waals surface area contributed by atoms with Crippen LogP contribution in [0.4, 0.5) is 0 Å². The molecular weight excluding hydrogens is 312 g/mol. The van der Waals surface area contributed by atoms with Crippen LogP contribution in [0.2, 0.25) is 0 Å². The fraction of sp³-hybridized carbons (Fsp3) is 0.353. The molecule has 1 fully saturated rings. The summed E-state index contributed by atoms with van der Waals surface area (Å²) in [6.45, 7) is 3.89. The van der Waals surface area contributed by atoms with E-state index in [0.29, 0.717) is 18.9 Å². The summed E-state index contributed by atoms with van der Waals surface area (Å²) in [7, 11) is 0. The average molecular weight is 332 g/mol. The molecule has 1 aromatic carbocycles. The molecule has 0 bridgehead atoms. The minimum absolute atomic E-state index is 0.00399. The Hall–Kier alpha value is -1.89. The van der Waals surface area contributed by atoms with E-state index in [9.17, 15) is 4.79 Å². The minimum Gasteiger partial charge on any atom is -0.484 e. The second-order valence-electron chi connectivity index (χ2n) is 5.38.